The molecule has 2 rings (SSSR count). The highest BCUT2D eigenvalue weighted by Gasteiger charge is 2.34. The lowest BCUT2D eigenvalue weighted by Crippen LogP contribution is -2.35. The summed E-state index contributed by atoms with van der Waals surface area (Å²) < 4.78 is 0. The SMILES string of the molecule is O=C1C[N+](=O)NN1c1ccccc1. The lowest BCUT2D eigenvalue weighted by atomic mass is 10.3. The minimum absolute atomic E-state index is 0.144. The van der Waals surface area contributed by atoms with E-state index in [0.29, 0.717) is 10.6 Å². The summed E-state index contributed by atoms with van der Waals surface area (Å²) in [7, 11) is 0. The van der Waals surface area contributed by atoms with Gasteiger partial charge in [-0.3, -0.25) is 4.79 Å². The van der Waals surface area contributed by atoms with Gasteiger partial charge in [0.25, 0.3) is 0 Å². The fourth-order valence-corrected chi connectivity index (χ4v) is 1.18. The summed E-state index contributed by atoms with van der Waals surface area (Å²) in [6, 6.07) is 8.96. The summed E-state index contributed by atoms with van der Waals surface area (Å²) in [6.07, 6.45) is 0. The van der Waals surface area contributed by atoms with E-state index in [1.165, 1.54) is 5.01 Å². The molecule has 1 aliphatic heterocycles. The number of amides is 1. The third-order valence-corrected chi connectivity index (χ3v) is 1.75. The van der Waals surface area contributed by atoms with E-state index in [2.05, 4.69) is 5.53 Å². The Bertz CT molecular complexity index is 350. The molecular formula is C8H8N3O2+. The molecule has 0 saturated carbocycles. The van der Waals surface area contributed by atoms with Crippen molar-refractivity contribution in [3.63, 3.8) is 0 Å². The molecule has 13 heavy (non-hydrogen) atoms. The molecule has 0 bridgehead atoms. The number of hydrazine groups is 2. The second-order valence-corrected chi connectivity index (χ2v) is 2.70. The predicted molar refractivity (Wildman–Crippen MR) is 45.6 cm³/mol. The van der Waals surface area contributed by atoms with E-state index < -0.39 is 0 Å². The van der Waals surface area contributed by atoms with Gasteiger partial charge in [-0.2, -0.15) is 5.01 Å². The Labute approximate surface area is 74.5 Å². The highest BCUT2D eigenvalue weighted by molar-refractivity contribution is 5.93. The highest BCUT2D eigenvalue weighted by Crippen LogP contribution is 2.13. The fraction of sp³-hybridized carbons (Fsp3) is 0.125. The standard InChI is InChI=1S/C8H8N3O2/c12-8-6-10(13)9-11(8)7-4-2-1-3-5-7/h1-5H,6H2,(H,9,13)/q+1. The molecule has 1 amide bonds. The van der Waals surface area contributed by atoms with Crippen molar-refractivity contribution in [3.8, 4) is 0 Å². The number of nitrogens with zero attached hydrogens (tertiary/aromatic N) is 2. The molecule has 66 valence electrons. The summed E-state index contributed by atoms with van der Waals surface area (Å²) in [4.78, 5) is 22.5. The second kappa shape index (κ2) is 2.85. The van der Waals surface area contributed by atoms with Crippen LogP contribution in [0.25, 0.3) is 0 Å². The van der Waals surface area contributed by atoms with Crippen molar-refractivity contribution in [2.24, 2.45) is 0 Å². The maximum absolute atomic E-state index is 11.2. The largest absolute Gasteiger partial charge is 0.323 e. The van der Waals surface area contributed by atoms with Crippen molar-refractivity contribution >= 4 is 11.6 Å². The first-order chi connectivity index (χ1) is 6.27. The maximum Gasteiger partial charge on any atom is 0.323 e. The van der Waals surface area contributed by atoms with E-state index in [0.717, 1.165) is 0 Å². The van der Waals surface area contributed by atoms with Crippen LogP contribution in [0.1, 0.15) is 0 Å². The first-order valence-corrected chi connectivity index (χ1v) is 3.86. The van der Waals surface area contributed by atoms with Crippen LogP contribution in [-0.4, -0.2) is 17.3 Å². The molecular weight excluding hydrogens is 170 g/mol. The third-order valence-electron chi connectivity index (χ3n) is 1.75. The van der Waals surface area contributed by atoms with Crippen molar-refractivity contribution in [1.82, 2.24) is 5.53 Å². The molecule has 1 aliphatic rings. The molecule has 1 N–H and O–H groups in total. The Hall–Kier alpha value is -1.91. The number of nitroso groups, excluding NO2 is 1. The Morgan fingerprint density at radius 1 is 1.31 bits per heavy atom. The number of hydrogen-bond acceptors (Lipinski definition) is 2. The average Bonchev–Trinajstić information content (AvgIpc) is 2.47. The summed E-state index contributed by atoms with van der Waals surface area (Å²) in [5, 5.41) is 1.23. The van der Waals surface area contributed by atoms with Crippen LogP contribution < -0.4 is 10.5 Å². The van der Waals surface area contributed by atoms with Crippen LogP contribution in [-0.2, 0) is 4.79 Å². The first-order valence-electron chi connectivity index (χ1n) is 3.86. The minimum atomic E-state index is -0.249. The molecule has 0 aliphatic carbocycles. The molecule has 0 aromatic heterocycles. The average molecular weight is 178 g/mol. The Kier molecular flexibility index (Phi) is 1.70. The Morgan fingerprint density at radius 3 is 2.54 bits per heavy atom. The fourth-order valence-electron chi connectivity index (χ4n) is 1.18. The Morgan fingerprint density at radius 2 is 2.00 bits per heavy atom. The Balaban J connectivity index is 2.28. The topological polar surface area (TPSA) is 52.4 Å². The van der Waals surface area contributed by atoms with Crippen LogP contribution in [0, 0.1) is 4.91 Å². The quantitative estimate of drug-likeness (QED) is 0.626. The van der Waals surface area contributed by atoms with Gasteiger partial charge in [0.1, 0.15) is 4.87 Å². The normalized spacial score (nSPS) is 16.2. The lowest BCUT2D eigenvalue weighted by molar-refractivity contribution is -0.582. The molecule has 0 spiro atoms. The number of anilines is 1. The zero-order valence-electron chi connectivity index (χ0n) is 6.80. The monoisotopic (exact) mass is 178 g/mol. The molecule has 1 aromatic rings. The van der Waals surface area contributed by atoms with Crippen LogP contribution >= 0.6 is 0 Å². The molecule has 0 atom stereocenters. The number of benzene rings is 1. The van der Waals surface area contributed by atoms with Gasteiger partial charge in [-0.15, -0.1) is 0 Å². The number of para-hydroxylation sites is 1. The van der Waals surface area contributed by atoms with Crippen LogP contribution in [0.4, 0.5) is 5.69 Å². The molecule has 1 aromatic carbocycles. The number of carbonyl (C=O) groups is 1. The van der Waals surface area contributed by atoms with Gasteiger partial charge in [0.15, 0.2) is 0 Å². The molecule has 0 unspecified atom stereocenters. The maximum atomic E-state index is 11.2. The first kappa shape index (κ1) is 7.72. The number of nitrogens with one attached hydrogen (secondary N) is 1. The molecule has 1 fully saturated rings. The van der Waals surface area contributed by atoms with Gasteiger partial charge < -0.3 is 0 Å². The van der Waals surface area contributed by atoms with Crippen molar-refractivity contribution in [2.75, 3.05) is 11.6 Å². The molecule has 5 heteroatoms. The number of hydrogen-bond donors (Lipinski definition) is 1. The van der Waals surface area contributed by atoms with Crippen LogP contribution in [0.5, 0.6) is 0 Å². The zero-order valence-corrected chi connectivity index (χ0v) is 6.80. The lowest BCUT2D eigenvalue weighted by Gasteiger charge is -2.08. The van der Waals surface area contributed by atoms with Gasteiger partial charge in [-0.25, -0.2) is 0 Å². The van der Waals surface area contributed by atoms with Crippen LogP contribution in [0.3, 0.4) is 0 Å². The molecule has 1 saturated heterocycles. The van der Waals surface area contributed by atoms with Crippen molar-refractivity contribution in [2.45, 2.75) is 0 Å². The van der Waals surface area contributed by atoms with Crippen molar-refractivity contribution in [1.29, 1.82) is 0 Å². The van der Waals surface area contributed by atoms with Crippen molar-refractivity contribution < 1.29 is 9.66 Å². The van der Waals surface area contributed by atoms with Crippen molar-refractivity contribution in [3.05, 3.63) is 35.2 Å². The van der Waals surface area contributed by atoms with E-state index in [-0.39, 0.29) is 12.5 Å². The summed E-state index contributed by atoms with van der Waals surface area (Å²) in [5.41, 5.74) is 3.05. The summed E-state index contributed by atoms with van der Waals surface area (Å²) in [6.45, 7) is -0.144. The second-order valence-electron chi connectivity index (χ2n) is 2.70. The smallest absolute Gasteiger partial charge is 0.265 e. The summed E-state index contributed by atoms with van der Waals surface area (Å²) in [5.74, 6) is -0.249. The number of carbonyl (C=O) groups excluding carboxylic acids is 1. The van der Waals surface area contributed by atoms with E-state index in [1.807, 2.05) is 6.07 Å². The minimum Gasteiger partial charge on any atom is -0.265 e. The van der Waals surface area contributed by atoms with Gasteiger partial charge in [0.2, 0.25) is 0 Å². The predicted octanol–water partition coefficient (Wildman–Crippen LogP) is 0.232. The van der Waals surface area contributed by atoms with Gasteiger partial charge in [-0.05, 0) is 17.7 Å². The van der Waals surface area contributed by atoms with Gasteiger partial charge >= 0.3 is 12.5 Å². The summed E-state index contributed by atoms with van der Waals surface area (Å²) >= 11 is 0. The van der Waals surface area contributed by atoms with E-state index in [1.54, 1.807) is 24.3 Å². The van der Waals surface area contributed by atoms with Gasteiger partial charge in [0, 0.05) is 0 Å². The van der Waals surface area contributed by atoms with Crippen LogP contribution in [0.15, 0.2) is 30.3 Å². The molecule has 5 nitrogen and oxygen atoms in total. The van der Waals surface area contributed by atoms with Gasteiger partial charge in [0.05, 0.1) is 10.6 Å². The zero-order chi connectivity index (χ0) is 9.26. The third kappa shape index (κ3) is 1.35. The molecule has 1 heterocycles. The van der Waals surface area contributed by atoms with E-state index in [9.17, 15) is 9.70 Å². The highest BCUT2D eigenvalue weighted by atomic mass is 16.3. The van der Waals surface area contributed by atoms with Gasteiger partial charge in [-0.1, -0.05) is 18.2 Å². The van der Waals surface area contributed by atoms with Crippen LogP contribution in [0.2, 0.25) is 0 Å². The van der Waals surface area contributed by atoms with E-state index in [4.69, 9.17) is 0 Å². The number of rotatable bonds is 1. The molecule has 0 radical (unpaired) electrons. The van der Waals surface area contributed by atoms with E-state index >= 15 is 0 Å².